The molecule has 0 fully saturated rings. The van der Waals surface area contributed by atoms with E-state index in [4.69, 9.17) is 11.0 Å². The van der Waals surface area contributed by atoms with E-state index in [0.29, 0.717) is 11.4 Å². The summed E-state index contributed by atoms with van der Waals surface area (Å²) in [6.07, 6.45) is 1.82. The topological polar surface area (TPSA) is 62.7 Å². The molecule has 0 aliphatic heterocycles. The zero-order valence-corrected chi connectivity index (χ0v) is 6.41. The molecule has 0 aliphatic carbocycles. The molecule has 1 heterocycles. The van der Waals surface area contributed by atoms with Crippen LogP contribution >= 0.6 is 0 Å². The number of nitrogens with zero attached hydrogens (tertiary/aromatic N) is 2. The van der Waals surface area contributed by atoms with Gasteiger partial charge in [0.2, 0.25) is 0 Å². The minimum absolute atomic E-state index is 0.217. The first kappa shape index (κ1) is 8.10. The van der Waals surface area contributed by atoms with E-state index in [9.17, 15) is 0 Å². The quantitative estimate of drug-likeness (QED) is 0.570. The van der Waals surface area contributed by atoms with Gasteiger partial charge >= 0.3 is 0 Å². The number of anilines is 1. The normalized spacial score (nSPS) is 7.92. The summed E-state index contributed by atoms with van der Waals surface area (Å²) in [5.41, 5.74) is 6.18. The van der Waals surface area contributed by atoms with Crippen molar-refractivity contribution in [3.05, 3.63) is 23.9 Å². The standard InChI is InChI=1S/C9H7N3/c10-6-2-1-4-8-5-3-7-12-9(8)11/h3,5,7H,2H2,(H2,11,12). The van der Waals surface area contributed by atoms with Crippen molar-refractivity contribution in [2.45, 2.75) is 6.42 Å². The van der Waals surface area contributed by atoms with E-state index in [0.717, 1.165) is 0 Å². The lowest BCUT2D eigenvalue weighted by Crippen LogP contribution is -1.92. The molecule has 0 radical (unpaired) electrons. The Balaban J connectivity index is 2.86. The Labute approximate surface area is 70.8 Å². The number of hydrogen-bond donors (Lipinski definition) is 1. The van der Waals surface area contributed by atoms with E-state index in [1.807, 2.05) is 6.07 Å². The van der Waals surface area contributed by atoms with Gasteiger partial charge in [0, 0.05) is 6.20 Å². The van der Waals surface area contributed by atoms with Gasteiger partial charge in [0.05, 0.1) is 18.1 Å². The highest BCUT2D eigenvalue weighted by Crippen LogP contribution is 2.03. The number of hydrogen-bond acceptors (Lipinski definition) is 3. The molecule has 3 heteroatoms. The second-order valence-electron chi connectivity index (χ2n) is 2.07. The van der Waals surface area contributed by atoms with Crippen molar-refractivity contribution in [2.75, 3.05) is 5.73 Å². The van der Waals surface area contributed by atoms with Gasteiger partial charge < -0.3 is 5.73 Å². The summed E-state index contributed by atoms with van der Waals surface area (Å²) in [4.78, 5) is 3.85. The summed E-state index contributed by atoms with van der Waals surface area (Å²) in [7, 11) is 0. The smallest absolute Gasteiger partial charge is 0.139 e. The number of nitrogen functional groups attached to an aromatic ring is 1. The average Bonchev–Trinajstić information content (AvgIpc) is 2.09. The fourth-order valence-corrected chi connectivity index (χ4v) is 0.702. The van der Waals surface area contributed by atoms with E-state index in [1.165, 1.54) is 0 Å². The largest absolute Gasteiger partial charge is 0.383 e. The van der Waals surface area contributed by atoms with Crippen molar-refractivity contribution in [3.8, 4) is 17.9 Å². The molecule has 1 rings (SSSR count). The molecule has 0 spiro atoms. The summed E-state index contributed by atoms with van der Waals surface area (Å²) in [5.74, 6) is 5.82. The van der Waals surface area contributed by atoms with Crippen LogP contribution in [0, 0.1) is 23.2 Å². The van der Waals surface area contributed by atoms with Gasteiger partial charge in [0.1, 0.15) is 5.82 Å². The summed E-state index contributed by atoms with van der Waals surface area (Å²) in [6.45, 7) is 0. The highest BCUT2D eigenvalue weighted by Gasteiger charge is 1.91. The molecule has 2 N–H and O–H groups in total. The van der Waals surface area contributed by atoms with Gasteiger partial charge in [-0.25, -0.2) is 4.98 Å². The lowest BCUT2D eigenvalue weighted by atomic mass is 10.2. The minimum atomic E-state index is 0.217. The number of rotatable bonds is 0. The van der Waals surface area contributed by atoms with Gasteiger partial charge in [-0.05, 0) is 12.1 Å². The minimum Gasteiger partial charge on any atom is -0.383 e. The SMILES string of the molecule is N#CCC#Cc1cccnc1N. The Kier molecular flexibility index (Phi) is 2.70. The van der Waals surface area contributed by atoms with Crippen molar-refractivity contribution in [1.29, 1.82) is 5.26 Å². The Morgan fingerprint density at radius 1 is 1.58 bits per heavy atom. The predicted molar refractivity (Wildman–Crippen MR) is 45.8 cm³/mol. The molecule has 0 atom stereocenters. The van der Waals surface area contributed by atoms with Gasteiger partial charge in [-0.1, -0.05) is 11.8 Å². The maximum Gasteiger partial charge on any atom is 0.139 e. The first-order chi connectivity index (χ1) is 5.84. The summed E-state index contributed by atoms with van der Waals surface area (Å²) < 4.78 is 0. The Bertz CT molecular complexity index is 365. The molecular formula is C9H7N3. The predicted octanol–water partition coefficient (Wildman–Crippen LogP) is 0.929. The molecule has 1 aromatic heterocycles. The molecule has 58 valence electrons. The fraction of sp³-hybridized carbons (Fsp3) is 0.111. The third-order valence-corrected chi connectivity index (χ3v) is 1.23. The molecule has 0 bridgehead atoms. The van der Waals surface area contributed by atoms with Gasteiger partial charge in [0.15, 0.2) is 0 Å². The maximum atomic E-state index is 8.21. The fourth-order valence-electron chi connectivity index (χ4n) is 0.702. The molecule has 0 unspecified atom stereocenters. The summed E-state index contributed by atoms with van der Waals surface area (Å²) in [6, 6.07) is 5.45. The van der Waals surface area contributed by atoms with E-state index in [2.05, 4.69) is 16.8 Å². The molecule has 0 aliphatic rings. The third kappa shape index (κ3) is 2.00. The molecule has 0 saturated heterocycles. The van der Waals surface area contributed by atoms with Crippen LogP contribution < -0.4 is 5.73 Å². The highest BCUT2D eigenvalue weighted by atomic mass is 14.8. The molecule has 0 amide bonds. The number of pyridine rings is 1. The summed E-state index contributed by atoms with van der Waals surface area (Å²) >= 11 is 0. The van der Waals surface area contributed by atoms with Crippen LogP contribution in [0.25, 0.3) is 0 Å². The number of nitrogens with two attached hydrogens (primary N) is 1. The maximum absolute atomic E-state index is 8.21. The van der Waals surface area contributed by atoms with Crippen LogP contribution in [-0.4, -0.2) is 4.98 Å². The molecule has 12 heavy (non-hydrogen) atoms. The number of aromatic nitrogens is 1. The molecule has 0 saturated carbocycles. The molecular weight excluding hydrogens is 150 g/mol. The van der Waals surface area contributed by atoms with E-state index < -0.39 is 0 Å². The lowest BCUT2D eigenvalue weighted by molar-refractivity contribution is 1.32. The van der Waals surface area contributed by atoms with Gasteiger partial charge in [-0.3, -0.25) is 0 Å². The van der Waals surface area contributed by atoms with Crippen LogP contribution in [-0.2, 0) is 0 Å². The van der Waals surface area contributed by atoms with Crippen LogP contribution in [0.4, 0.5) is 5.82 Å². The van der Waals surface area contributed by atoms with Crippen molar-refractivity contribution in [2.24, 2.45) is 0 Å². The van der Waals surface area contributed by atoms with Crippen molar-refractivity contribution in [1.82, 2.24) is 4.98 Å². The average molecular weight is 157 g/mol. The monoisotopic (exact) mass is 157 g/mol. The zero-order chi connectivity index (χ0) is 8.81. The van der Waals surface area contributed by atoms with Crippen LogP contribution in [0.3, 0.4) is 0 Å². The third-order valence-electron chi connectivity index (χ3n) is 1.23. The Morgan fingerprint density at radius 2 is 2.42 bits per heavy atom. The Hall–Kier alpha value is -2.00. The van der Waals surface area contributed by atoms with Gasteiger partial charge in [0.25, 0.3) is 0 Å². The van der Waals surface area contributed by atoms with Crippen molar-refractivity contribution in [3.63, 3.8) is 0 Å². The van der Waals surface area contributed by atoms with Crippen molar-refractivity contribution >= 4 is 5.82 Å². The van der Waals surface area contributed by atoms with Crippen LogP contribution in [0.15, 0.2) is 18.3 Å². The van der Waals surface area contributed by atoms with Gasteiger partial charge in [-0.2, -0.15) is 5.26 Å². The number of nitriles is 1. The van der Waals surface area contributed by atoms with E-state index in [1.54, 1.807) is 18.3 Å². The van der Waals surface area contributed by atoms with Crippen LogP contribution in [0.5, 0.6) is 0 Å². The Morgan fingerprint density at radius 3 is 3.08 bits per heavy atom. The highest BCUT2D eigenvalue weighted by molar-refractivity contribution is 5.50. The molecule has 3 nitrogen and oxygen atoms in total. The summed E-state index contributed by atoms with van der Waals surface area (Å²) in [5, 5.41) is 8.21. The van der Waals surface area contributed by atoms with Crippen LogP contribution in [0.1, 0.15) is 12.0 Å². The van der Waals surface area contributed by atoms with Gasteiger partial charge in [-0.15, -0.1) is 0 Å². The second-order valence-corrected chi connectivity index (χ2v) is 2.07. The first-order valence-electron chi connectivity index (χ1n) is 3.41. The van der Waals surface area contributed by atoms with E-state index >= 15 is 0 Å². The van der Waals surface area contributed by atoms with E-state index in [-0.39, 0.29) is 6.42 Å². The zero-order valence-electron chi connectivity index (χ0n) is 6.41. The first-order valence-corrected chi connectivity index (χ1v) is 3.41. The van der Waals surface area contributed by atoms with Crippen LogP contribution in [0.2, 0.25) is 0 Å². The molecule has 0 aromatic carbocycles. The molecule has 1 aromatic rings. The second kappa shape index (κ2) is 4.00. The van der Waals surface area contributed by atoms with Crippen molar-refractivity contribution < 1.29 is 0 Å². The lowest BCUT2D eigenvalue weighted by Gasteiger charge is -1.92.